The fourth-order valence-corrected chi connectivity index (χ4v) is 2.16. The smallest absolute Gasteiger partial charge is 0.122 e. The molecule has 0 fully saturated rings. The Morgan fingerprint density at radius 1 is 1.38 bits per heavy atom. The molecule has 0 radical (unpaired) electrons. The van der Waals surface area contributed by atoms with E-state index in [1.54, 1.807) is 7.11 Å². The summed E-state index contributed by atoms with van der Waals surface area (Å²) in [6, 6.07) is 5.65. The Labute approximate surface area is 102 Å². The average Bonchev–Trinajstić information content (AvgIpc) is 2.29. The quantitative estimate of drug-likeness (QED) is 0.826. The van der Waals surface area contributed by atoms with Crippen LogP contribution in [0.15, 0.2) is 18.2 Å². The van der Waals surface area contributed by atoms with Crippen LogP contribution < -0.4 is 4.74 Å². The number of aliphatic hydroxyl groups excluding tert-OH is 1. The van der Waals surface area contributed by atoms with E-state index in [-0.39, 0.29) is 6.61 Å². The van der Waals surface area contributed by atoms with E-state index in [9.17, 15) is 0 Å². The zero-order valence-electron chi connectivity index (χ0n) is 9.87. The minimum absolute atomic E-state index is 0.195. The molecule has 0 aliphatic heterocycles. The van der Waals surface area contributed by atoms with Crippen LogP contribution in [0.25, 0.3) is 0 Å². The number of hydrogen-bond acceptors (Lipinski definition) is 2. The van der Waals surface area contributed by atoms with E-state index in [0.717, 1.165) is 35.6 Å². The third-order valence-corrected chi connectivity index (χ3v) is 2.98. The highest BCUT2D eigenvalue weighted by atomic mass is 35.5. The molecular formula is C13H19ClO2. The van der Waals surface area contributed by atoms with Crippen LogP contribution in [-0.4, -0.2) is 18.8 Å². The lowest BCUT2D eigenvalue weighted by Crippen LogP contribution is -2.04. The van der Waals surface area contributed by atoms with Gasteiger partial charge < -0.3 is 9.84 Å². The summed E-state index contributed by atoms with van der Waals surface area (Å²) in [5.74, 6) is 1.18. The van der Waals surface area contributed by atoms with Crippen LogP contribution in [0.3, 0.4) is 0 Å². The third-order valence-electron chi connectivity index (χ3n) is 2.75. The number of benzene rings is 1. The van der Waals surface area contributed by atoms with Gasteiger partial charge in [-0.05, 0) is 42.5 Å². The Balaban J connectivity index is 3.00. The number of rotatable bonds is 6. The van der Waals surface area contributed by atoms with Crippen LogP contribution >= 0.6 is 11.6 Å². The minimum Gasteiger partial charge on any atom is -0.496 e. The largest absolute Gasteiger partial charge is 0.496 e. The molecule has 0 amide bonds. The van der Waals surface area contributed by atoms with Crippen molar-refractivity contribution in [1.82, 2.24) is 0 Å². The zero-order valence-corrected chi connectivity index (χ0v) is 10.6. The molecule has 1 atom stereocenters. The molecule has 0 aliphatic carbocycles. The predicted molar refractivity (Wildman–Crippen MR) is 67.4 cm³/mol. The first-order valence-corrected chi connectivity index (χ1v) is 6.05. The summed E-state index contributed by atoms with van der Waals surface area (Å²) in [6.07, 6.45) is 2.88. The lowest BCUT2D eigenvalue weighted by atomic mass is 9.91. The number of aliphatic hydroxyl groups is 1. The topological polar surface area (TPSA) is 29.5 Å². The summed E-state index contributed by atoms with van der Waals surface area (Å²) in [5, 5.41) is 9.80. The van der Waals surface area contributed by atoms with Crippen molar-refractivity contribution in [1.29, 1.82) is 0 Å². The van der Waals surface area contributed by atoms with Gasteiger partial charge in [-0.1, -0.05) is 24.9 Å². The highest BCUT2D eigenvalue weighted by Gasteiger charge is 2.15. The van der Waals surface area contributed by atoms with Crippen LogP contribution in [0.4, 0.5) is 0 Å². The van der Waals surface area contributed by atoms with Crippen molar-refractivity contribution in [3.8, 4) is 5.75 Å². The summed E-state index contributed by atoms with van der Waals surface area (Å²) in [6.45, 7) is 2.34. The van der Waals surface area contributed by atoms with E-state index in [1.807, 2.05) is 18.2 Å². The van der Waals surface area contributed by atoms with Gasteiger partial charge in [-0.2, -0.15) is 0 Å². The first-order chi connectivity index (χ1) is 7.72. The Hall–Kier alpha value is -0.730. The lowest BCUT2D eigenvalue weighted by molar-refractivity contribution is 0.270. The van der Waals surface area contributed by atoms with Gasteiger partial charge in [-0.15, -0.1) is 0 Å². The van der Waals surface area contributed by atoms with E-state index in [0.29, 0.717) is 5.92 Å². The third kappa shape index (κ3) is 3.39. The van der Waals surface area contributed by atoms with Gasteiger partial charge in [0.05, 0.1) is 7.11 Å². The van der Waals surface area contributed by atoms with Gasteiger partial charge in [0.25, 0.3) is 0 Å². The second kappa shape index (κ2) is 6.77. The SMILES string of the molecule is CCCC(CCO)c1cc(Cl)ccc1OC. The molecule has 0 aliphatic rings. The van der Waals surface area contributed by atoms with Crippen molar-refractivity contribution < 1.29 is 9.84 Å². The van der Waals surface area contributed by atoms with Crippen molar-refractivity contribution in [2.75, 3.05) is 13.7 Å². The maximum absolute atomic E-state index is 9.08. The van der Waals surface area contributed by atoms with Crippen LogP contribution in [0.2, 0.25) is 5.02 Å². The van der Waals surface area contributed by atoms with Gasteiger partial charge in [0.1, 0.15) is 5.75 Å². The Morgan fingerprint density at radius 3 is 2.69 bits per heavy atom. The molecule has 1 N–H and O–H groups in total. The highest BCUT2D eigenvalue weighted by molar-refractivity contribution is 6.30. The predicted octanol–water partition coefficient (Wildman–Crippen LogP) is 3.61. The average molecular weight is 243 g/mol. The van der Waals surface area contributed by atoms with E-state index >= 15 is 0 Å². The molecule has 0 saturated heterocycles. The molecule has 0 bridgehead atoms. The molecule has 0 heterocycles. The first kappa shape index (κ1) is 13.3. The molecule has 3 heteroatoms. The van der Waals surface area contributed by atoms with Crippen molar-refractivity contribution in [3.05, 3.63) is 28.8 Å². The molecule has 16 heavy (non-hydrogen) atoms. The molecule has 90 valence electrons. The number of ether oxygens (including phenoxy) is 1. The standard InChI is InChI=1S/C13H19ClO2/c1-3-4-10(7-8-15)12-9-11(14)5-6-13(12)16-2/h5-6,9-10,15H,3-4,7-8H2,1-2H3. The number of hydrogen-bond donors (Lipinski definition) is 1. The van der Waals surface area contributed by atoms with Crippen LogP contribution in [-0.2, 0) is 0 Å². The van der Waals surface area contributed by atoms with Gasteiger partial charge >= 0.3 is 0 Å². The molecule has 1 unspecified atom stereocenters. The number of methoxy groups -OCH3 is 1. The Bertz CT molecular complexity index is 320. The normalized spacial score (nSPS) is 12.5. The Morgan fingerprint density at radius 2 is 2.12 bits per heavy atom. The molecule has 1 aromatic carbocycles. The summed E-state index contributed by atoms with van der Waals surface area (Å²) in [5.41, 5.74) is 1.10. The van der Waals surface area contributed by atoms with E-state index in [1.165, 1.54) is 0 Å². The van der Waals surface area contributed by atoms with E-state index < -0.39 is 0 Å². The summed E-state index contributed by atoms with van der Waals surface area (Å²) >= 11 is 6.00. The van der Waals surface area contributed by atoms with Gasteiger partial charge in [-0.25, -0.2) is 0 Å². The maximum atomic E-state index is 9.08. The van der Waals surface area contributed by atoms with Crippen molar-refractivity contribution in [3.63, 3.8) is 0 Å². The molecule has 2 nitrogen and oxygen atoms in total. The number of halogens is 1. The summed E-state index contributed by atoms with van der Waals surface area (Å²) in [4.78, 5) is 0. The summed E-state index contributed by atoms with van der Waals surface area (Å²) in [7, 11) is 1.66. The van der Waals surface area contributed by atoms with Crippen molar-refractivity contribution >= 4 is 11.6 Å². The van der Waals surface area contributed by atoms with Crippen molar-refractivity contribution in [2.45, 2.75) is 32.1 Å². The zero-order chi connectivity index (χ0) is 12.0. The molecule has 0 aromatic heterocycles. The molecular weight excluding hydrogens is 224 g/mol. The van der Waals surface area contributed by atoms with Crippen LogP contribution in [0, 0.1) is 0 Å². The molecule has 0 saturated carbocycles. The second-order valence-electron chi connectivity index (χ2n) is 3.88. The van der Waals surface area contributed by atoms with E-state index in [4.69, 9.17) is 21.4 Å². The van der Waals surface area contributed by atoms with Gasteiger partial charge in [0.15, 0.2) is 0 Å². The monoisotopic (exact) mass is 242 g/mol. The molecule has 1 rings (SSSR count). The maximum Gasteiger partial charge on any atom is 0.122 e. The van der Waals surface area contributed by atoms with Crippen LogP contribution in [0.5, 0.6) is 5.75 Å². The van der Waals surface area contributed by atoms with Gasteiger partial charge in [0.2, 0.25) is 0 Å². The van der Waals surface area contributed by atoms with Gasteiger partial charge in [-0.3, -0.25) is 0 Å². The van der Waals surface area contributed by atoms with E-state index in [2.05, 4.69) is 6.92 Å². The summed E-state index contributed by atoms with van der Waals surface area (Å²) < 4.78 is 5.33. The lowest BCUT2D eigenvalue weighted by Gasteiger charge is -2.18. The highest BCUT2D eigenvalue weighted by Crippen LogP contribution is 2.34. The Kier molecular flexibility index (Phi) is 5.64. The fraction of sp³-hybridized carbons (Fsp3) is 0.538. The van der Waals surface area contributed by atoms with Crippen molar-refractivity contribution in [2.24, 2.45) is 0 Å². The van der Waals surface area contributed by atoms with Crippen LogP contribution in [0.1, 0.15) is 37.7 Å². The minimum atomic E-state index is 0.195. The molecule has 1 aromatic rings. The first-order valence-electron chi connectivity index (χ1n) is 5.67. The van der Waals surface area contributed by atoms with Gasteiger partial charge in [0, 0.05) is 11.6 Å². The second-order valence-corrected chi connectivity index (χ2v) is 4.32. The molecule has 0 spiro atoms. The fourth-order valence-electron chi connectivity index (χ4n) is 1.98.